The van der Waals surface area contributed by atoms with Crippen LogP contribution in [0.25, 0.3) is 0 Å². The smallest absolute Gasteiger partial charge is 0.275 e. The maximum Gasteiger partial charge on any atom is 0.275 e. The third-order valence-corrected chi connectivity index (χ3v) is 3.36. The topological polar surface area (TPSA) is 76.1 Å². The summed E-state index contributed by atoms with van der Waals surface area (Å²) in [5.41, 5.74) is 1.36. The van der Waals surface area contributed by atoms with Crippen LogP contribution in [-0.4, -0.2) is 23.0 Å². The highest BCUT2D eigenvalue weighted by Gasteiger charge is 2.09. The lowest BCUT2D eigenvalue weighted by Crippen LogP contribution is -2.14. The van der Waals surface area contributed by atoms with Crippen LogP contribution >= 0.6 is 0 Å². The Hall–Kier alpha value is -3.48. The Kier molecular flexibility index (Phi) is 4.84. The molecule has 2 aromatic carbocycles. The van der Waals surface area contributed by atoms with Crippen LogP contribution in [0.5, 0.6) is 5.75 Å². The van der Waals surface area contributed by atoms with Crippen LogP contribution in [0.4, 0.5) is 21.6 Å². The van der Waals surface area contributed by atoms with Crippen LogP contribution < -0.4 is 15.4 Å². The number of anilines is 3. The van der Waals surface area contributed by atoms with E-state index in [0.29, 0.717) is 17.3 Å². The number of halogens is 1. The number of amides is 1. The van der Waals surface area contributed by atoms with E-state index in [-0.39, 0.29) is 11.5 Å². The maximum absolute atomic E-state index is 12.9. The second-order valence-corrected chi connectivity index (χ2v) is 5.07. The van der Waals surface area contributed by atoms with Gasteiger partial charge in [-0.25, -0.2) is 14.4 Å². The molecule has 3 rings (SSSR count). The van der Waals surface area contributed by atoms with Crippen molar-refractivity contribution in [3.8, 4) is 5.75 Å². The molecular formula is C18H15FN4O2. The van der Waals surface area contributed by atoms with E-state index in [0.717, 1.165) is 5.69 Å². The molecule has 0 aliphatic heterocycles. The fourth-order valence-corrected chi connectivity index (χ4v) is 2.12. The average Bonchev–Trinajstić information content (AvgIpc) is 2.64. The first kappa shape index (κ1) is 16.4. The summed E-state index contributed by atoms with van der Waals surface area (Å²) >= 11 is 0. The second kappa shape index (κ2) is 7.39. The van der Waals surface area contributed by atoms with Gasteiger partial charge in [0.2, 0.25) is 0 Å². The molecule has 0 bridgehead atoms. The molecule has 0 unspecified atom stereocenters. The predicted molar refractivity (Wildman–Crippen MR) is 92.7 cm³/mol. The molecule has 2 N–H and O–H groups in total. The highest BCUT2D eigenvalue weighted by Crippen LogP contribution is 2.25. The molecule has 25 heavy (non-hydrogen) atoms. The average molecular weight is 338 g/mol. The Morgan fingerprint density at radius 3 is 2.48 bits per heavy atom. The molecule has 0 aliphatic carbocycles. The number of carbonyl (C=O) groups excluding carboxylic acids is 1. The molecule has 3 aromatic rings. The molecule has 0 fully saturated rings. The highest BCUT2D eigenvalue weighted by molar-refractivity contribution is 6.02. The van der Waals surface area contributed by atoms with Crippen LogP contribution in [0, 0.1) is 5.82 Å². The highest BCUT2D eigenvalue weighted by atomic mass is 19.1. The van der Waals surface area contributed by atoms with Gasteiger partial charge in [0.15, 0.2) is 0 Å². The third kappa shape index (κ3) is 4.08. The normalized spacial score (nSPS) is 10.2. The second-order valence-electron chi connectivity index (χ2n) is 5.07. The zero-order valence-electron chi connectivity index (χ0n) is 13.4. The molecule has 0 saturated carbocycles. The number of methoxy groups -OCH3 is 1. The van der Waals surface area contributed by atoms with Gasteiger partial charge < -0.3 is 15.4 Å². The number of rotatable bonds is 5. The minimum atomic E-state index is -0.428. The Morgan fingerprint density at radius 2 is 1.80 bits per heavy atom. The zero-order chi connectivity index (χ0) is 17.6. The minimum Gasteiger partial charge on any atom is -0.495 e. The zero-order valence-corrected chi connectivity index (χ0v) is 13.4. The summed E-state index contributed by atoms with van der Waals surface area (Å²) in [6, 6.07) is 12.9. The van der Waals surface area contributed by atoms with E-state index in [1.165, 1.54) is 36.7 Å². The lowest BCUT2D eigenvalue weighted by molar-refractivity contribution is 0.102. The number of carbonyl (C=O) groups is 1. The summed E-state index contributed by atoms with van der Waals surface area (Å²) in [5, 5.41) is 5.70. The lowest BCUT2D eigenvalue weighted by atomic mass is 10.3. The van der Waals surface area contributed by atoms with Gasteiger partial charge in [0.25, 0.3) is 5.91 Å². The van der Waals surface area contributed by atoms with Crippen molar-refractivity contribution in [2.24, 2.45) is 0 Å². The van der Waals surface area contributed by atoms with Crippen molar-refractivity contribution in [1.82, 2.24) is 9.97 Å². The fourth-order valence-electron chi connectivity index (χ4n) is 2.12. The van der Waals surface area contributed by atoms with Crippen molar-refractivity contribution in [2.75, 3.05) is 17.7 Å². The molecule has 6 nitrogen and oxygen atoms in total. The van der Waals surface area contributed by atoms with Gasteiger partial charge in [-0.1, -0.05) is 12.1 Å². The van der Waals surface area contributed by atoms with Crippen molar-refractivity contribution >= 4 is 23.1 Å². The van der Waals surface area contributed by atoms with E-state index in [9.17, 15) is 9.18 Å². The summed E-state index contributed by atoms with van der Waals surface area (Å²) in [4.78, 5) is 20.4. The quantitative estimate of drug-likeness (QED) is 0.743. The van der Waals surface area contributed by atoms with Gasteiger partial charge in [-0.3, -0.25) is 4.79 Å². The van der Waals surface area contributed by atoms with E-state index < -0.39 is 5.91 Å². The van der Waals surface area contributed by atoms with Gasteiger partial charge in [-0.05, 0) is 36.4 Å². The van der Waals surface area contributed by atoms with Crippen molar-refractivity contribution < 1.29 is 13.9 Å². The summed E-state index contributed by atoms with van der Waals surface area (Å²) in [6.45, 7) is 0. The van der Waals surface area contributed by atoms with Crippen molar-refractivity contribution in [2.45, 2.75) is 0 Å². The molecule has 0 aliphatic rings. The lowest BCUT2D eigenvalue weighted by Gasteiger charge is -2.10. The first-order chi connectivity index (χ1) is 12.2. The monoisotopic (exact) mass is 338 g/mol. The van der Waals surface area contributed by atoms with Crippen molar-refractivity contribution in [3.63, 3.8) is 0 Å². The number of ether oxygens (including phenoxy) is 1. The fraction of sp³-hybridized carbons (Fsp3) is 0.0556. The first-order valence-corrected chi connectivity index (χ1v) is 7.45. The Bertz CT molecular complexity index is 867. The molecule has 7 heteroatoms. The van der Waals surface area contributed by atoms with E-state index >= 15 is 0 Å². The van der Waals surface area contributed by atoms with Gasteiger partial charge >= 0.3 is 0 Å². The SMILES string of the molecule is COc1ccccc1Nc1cnc(C(=O)Nc2ccc(F)cc2)cn1. The van der Waals surface area contributed by atoms with Crippen LogP contribution in [-0.2, 0) is 0 Å². The molecule has 126 valence electrons. The maximum atomic E-state index is 12.9. The first-order valence-electron chi connectivity index (χ1n) is 7.45. The Labute approximate surface area is 143 Å². The van der Waals surface area contributed by atoms with Gasteiger partial charge in [-0.2, -0.15) is 0 Å². The summed E-state index contributed by atoms with van der Waals surface area (Å²) in [5.74, 6) is 0.345. The molecule has 1 aromatic heterocycles. The summed E-state index contributed by atoms with van der Waals surface area (Å²) < 4.78 is 18.1. The molecule has 0 atom stereocenters. The third-order valence-electron chi connectivity index (χ3n) is 3.36. The summed E-state index contributed by atoms with van der Waals surface area (Å²) in [6.07, 6.45) is 2.81. The molecular weight excluding hydrogens is 323 g/mol. The number of nitrogens with one attached hydrogen (secondary N) is 2. The standard InChI is InChI=1S/C18H15FN4O2/c1-25-16-5-3-2-4-14(16)23-17-11-20-15(10-21-17)18(24)22-13-8-6-12(19)7-9-13/h2-11H,1H3,(H,21,23)(H,22,24). The van der Waals surface area contributed by atoms with Crippen LogP contribution in [0.1, 0.15) is 10.5 Å². The van der Waals surface area contributed by atoms with E-state index in [2.05, 4.69) is 20.6 Å². The number of hydrogen-bond acceptors (Lipinski definition) is 5. The predicted octanol–water partition coefficient (Wildman–Crippen LogP) is 3.62. The molecule has 0 spiro atoms. The number of benzene rings is 2. The van der Waals surface area contributed by atoms with Crippen LogP contribution in [0.15, 0.2) is 60.9 Å². The van der Waals surface area contributed by atoms with Gasteiger partial charge in [0.1, 0.15) is 23.1 Å². The van der Waals surface area contributed by atoms with E-state index in [1.54, 1.807) is 7.11 Å². The Morgan fingerprint density at radius 1 is 1.04 bits per heavy atom. The van der Waals surface area contributed by atoms with Crippen LogP contribution in [0.2, 0.25) is 0 Å². The van der Waals surface area contributed by atoms with Crippen molar-refractivity contribution in [3.05, 3.63) is 72.4 Å². The number of para-hydroxylation sites is 2. The minimum absolute atomic E-state index is 0.148. The number of hydrogen-bond donors (Lipinski definition) is 2. The van der Waals surface area contributed by atoms with Gasteiger partial charge in [0.05, 0.1) is 25.2 Å². The molecule has 0 radical (unpaired) electrons. The molecule has 0 saturated heterocycles. The van der Waals surface area contributed by atoms with E-state index in [1.807, 2.05) is 24.3 Å². The van der Waals surface area contributed by atoms with E-state index in [4.69, 9.17) is 4.74 Å². The number of nitrogens with zero attached hydrogens (tertiary/aromatic N) is 2. The van der Waals surface area contributed by atoms with Crippen LogP contribution in [0.3, 0.4) is 0 Å². The van der Waals surface area contributed by atoms with Crippen molar-refractivity contribution in [1.29, 1.82) is 0 Å². The molecule has 1 amide bonds. The summed E-state index contributed by atoms with van der Waals surface area (Å²) in [7, 11) is 1.58. The van der Waals surface area contributed by atoms with Gasteiger partial charge in [-0.15, -0.1) is 0 Å². The largest absolute Gasteiger partial charge is 0.495 e. The number of aromatic nitrogens is 2. The Balaban J connectivity index is 1.69. The molecule has 1 heterocycles. The van der Waals surface area contributed by atoms with Gasteiger partial charge in [0, 0.05) is 5.69 Å².